The lowest BCUT2D eigenvalue weighted by Crippen LogP contribution is -2.30. The summed E-state index contributed by atoms with van der Waals surface area (Å²) < 4.78 is 49.5. The Morgan fingerprint density at radius 2 is 1.81 bits per heavy atom. The highest BCUT2D eigenvalue weighted by Gasteiger charge is 2.35. The maximum Gasteiger partial charge on any atom is 0.412 e. The minimum atomic E-state index is -4.23. The molecule has 0 amide bonds. The van der Waals surface area contributed by atoms with Gasteiger partial charge >= 0.3 is 6.18 Å². The number of rotatable bonds is 5. The van der Waals surface area contributed by atoms with Crippen LogP contribution in [0.15, 0.2) is 35.4 Å². The minimum absolute atomic E-state index is 0.0645. The van der Waals surface area contributed by atoms with Gasteiger partial charge < -0.3 is 14.8 Å². The minimum Gasteiger partial charge on any atom is -0.493 e. The van der Waals surface area contributed by atoms with Crippen LogP contribution in [0, 0.1) is 5.92 Å². The van der Waals surface area contributed by atoms with Gasteiger partial charge in [-0.15, -0.1) is 0 Å². The van der Waals surface area contributed by atoms with Crippen molar-refractivity contribution in [2.45, 2.75) is 44.8 Å². The monoisotopic (exact) mass is 381 g/mol. The second kappa shape index (κ2) is 7.97. The van der Waals surface area contributed by atoms with E-state index in [-0.39, 0.29) is 18.4 Å². The van der Waals surface area contributed by atoms with E-state index in [1.165, 1.54) is 17.2 Å². The van der Waals surface area contributed by atoms with Crippen molar-refractivity contribution in [1.29, 1.82) is 0 Å². The highest BCUT2D eigenvalue weighted by atomic mass is 19.4. The van der Waals surface area contributed by atoms with Crippen LogP contribution in [0.25, 0.3) is 0 Å². The summed E-state index contributed by atoms with van der Waals surface area (Å²) in [7, 11) is 3.25. The first-order valence-electron chi connectivity index (χ1n) is 9.28. The summed E-state index contributed by atoms with van der Waals surface area (Å²) in [5.74, 6) is 1.35. The van der Waals surface area contributed by atoms with E-state index in [9.17, 15) is 13.2 Å². The van der Waals surface area contributed by atoms with Crippen LogP contribution in [0.2, 0.25) is 0 Å². The lowest BCUT2D eigenvalue weighted by molar-refractivity contribution is -0.0951. The number of hydrogen-bond donors (Lipinski definition) is 1. The van der Waals surface area contributed by atoms with Crippen LogP contribution in [-0.2, 0) is 6.42 Å². The molecule has 0 aromatic heterocycles. The van der Waals surface area contributed by atoms with Crippen molar-refractivity contribution < 1.29 is 22.6 Å². The first-order chi connectivity index (χ1) is 12.8. The molecule has 0 bridgehead atoms. The topological polar surface area (TPSA) is 30.5 Å². The van der Waals surface area contributed by atoms with Gasteiger partial charge in [-0.25, -0.2) is 0 Å². The number of fused-ring (bicyclic) bond motifs is 1. The lowest BCUT2D eigenvalue weighted by atomic mass is 9.83. The molecule has 1 aliphatic carbocycles. The fourth-order valence-corrected chi connectivity index (χ4v) is 3.98. The second-order valence-electron chi connectivity index (χ2n) is 7.24. The average molecular weight is 381 g/mol. The number of benzene rings is 1. The van der Waals surface area contributed by atoms with Gasteiger partial charge in [0.05, 0.1) is 14.2 Å². The number of allylic oxidation sites excluding steroid dienone is 4. The molecule has 3 rings (SSSR count). The zero-order chi connectivity index (χ0) is 19.6. The third-order valence-corrected chi connectivity index (χ3v) is 5.55. The van der Waals surface area contributed by atoms with E-state index in [1.54, 1.807) is 20.3 Å². The van der Waals surface area contributed by atoms with Gasteiger partial charge in [0.1, 0.15) is 0 Å². The van der Waals surface area contributed by atoms with E-state index >= 15 is 0 Å². The van der Waals surface area contributed by atoms with Gasteiger partial charge in [-0.05, 0) is 61.4 Å². The Labute approximate surface area is 158 Å². The van der Waals surface area contributed by atoms with Crippen LogP contribution in [0.4, 0.5) is 13.2 Å². The molecule has 1 heterocycles. The normalized spacial score (nSPS) is 22.6. The van der Waals surface area contributed by atoms with E-state index < -0.39 is 11.7 Å². The highest BCUT2D eigenvalue weighted by molar-refractivity contribution is 5.49. The van der Waals surface area contributed by atoms with Crippen molar-refractivity contribution in [2.75, 3.05) is 20.8 Å². The molecule has 1 N–H and O–H groups in total. The van der Waals surface area contributed by atoms with Crippen molar-refractivity contribution in [3.05, 3.63) is 46.6 Å². The van der Waals surface area contributed by atoms with Crippen molar-refractivity contribution in [3.8, 4) is 11.5 Å². The van der Waals surface area contributed by atoms with Crippen LogP contribution < -0.4 is 14.8 Å². The molecule has 3 nitrogen and oxygen atoms in total. The zero-order valence-corrected chi connectivity index (χ0v) is 16.0. The molecule has 0 saturated carbocycles. The van der Waals surface area contributed by atoms with Crippen LogP contribution in [0.3, 0.4) is 0 Å². The first-order valence-corrected chi connectivity index (χ1v) is 9.28. The summed E-state index contributed by atoms with van der Waals surface area (Å²) in [5.41, 5.74) is 3.07. The maximum atomic E-state index is 12.9. The Morgan fingerprint density at radius 1 is 1.11 bits per heavy atom. The molecule has 0 saturated heterocycles. The van der Waals surface area contributed by atoms with E-state index in [4.69, 9.17) is 9.47 Å². The fraction of sp³-hybridized carbons (Fsp3) is 0.524. The molecule has 2 atom stereocenters. The predicted octanol–water partition coefficient (Wildman–Crippen LogP) is 5.13. The Bertz CT molecular complexity index is 753. The van der Waals surface area contributed by atoms with Gasteiger partial charge in [0.15, 0.2) is 11.5 Å². The fourth-order valence-electron chi connectivity index (χ4n) is 3.98. The lowest BCUT2D eigenvalue weighted by Gasteiger charge is -2.30. The number of nitrogens with one attached hydrogen (secondary N) is 1. The first kappa shape index (κ1) is 19.8. The summed E-state index contributed by atoms with van der Waals surface area (Å²) in [6, 6.07) is 4.21. The van der Waals surface area contributed by atoms with Crippen LogP contribution in [0.5, 0.6) is 11.5 Å². The summed E-state index contributed by atoms with van der Waals surface area (Å²) in [6.45, 7) is 2.75. The van der Waals surface area contributed by atoms with Gasteiger partial charge in [-0.2, -0.15) is 13.2 Å². The molecule has 1 aromatic carbocycles. The predicted molar refractivity (Wildman–Crippen MR) is 99.2 cm³/mol. The molecule has 1 unspecified atom stereocenters. The Balaban J connectivity index is 1.75. The third kappa shape index (κ3) is 4.32. The Kier molecular flexibility index (Phi) is 5.84. The number of hydrogen-bond acceptors (Lipinski definition) is 3. The van der Waals surface area contributed by atoms with E-state index in [0.717, 1.165) is 37.1 Å². The number of alkyl halides is 3. The molecule has 1 aromatic rings. The Hall–Kier alpha value is -1.95. The molecule has 2 aliphatic rings. The molecular weight excluding hydrogens is 355 g/mol. The zero-order valence-electron chi connectivity index (χ0n) is 16.0. The average Bonchev–Trinajstić information content (AvgIpc) is 2.65. The standard InChI is InChI=1S/C21H26F3NO2/c1-13-10-16(21(22,23)24)6-4-14(13)5-7-18-17-12-20(27-3)19(26-2)11-15(17)8-9-25-18/h4,6,11-13,18,25H,5,7-10H2,1-3H3/t13?,18-/m0/s1. The summed E-state index contributed by atoms with van der Waals surface area (Å²) in [4.78, 5) is 0. The highest BCUT2D eigenvalue weighted by Crippen LogP contribution is 2.40. The molecule has 1 aliphatic heterocycles. The Morgan fingerprint density at radius 3 is 2.44 bits per heavy atom. The van der Waals surface area contributed by atoms with E-state index in [1.807, 2.05) is 19.1 Å². The van der Waals surface area contributed by atoms with Crippen LogP contribution >= 0.6 is 0 Å². The van der Waals surface area contributed by atoms with E-state index in [0.29, 0.717) is 5.75 Å². The summed E-state index contributed by atoms with van der Waals surface area (Å²) in [5, 5.41) is 3.53. The molecule has 27 heavy (non-hydrogen) atoms. The van der Waals surface area contributed by atoms with Gasteiger partial charge in [-0.3, -0.25) is 0 Å². The van der Waals surface area contributed by atoms with Crippen molar-refractivity contribution in [3.63, 3.8) is 0 Å². The third-order valence-electron chi connectivity index (χ3n) is 5.55. The maximum absolute atomic E-state index is 12.9. The SMILES string of the molecule is COc1cc2c(cc1OC)[C@H](CCC1=CC=C(C(F)(F)F)CC1C)NCC2. The van der Waals surface area contributed by atoms with Crippen molar-refractivity contribution in [2.24, 2.45) is 5.92 Å². The van der Waals surface area contributed by atoms with Crippen molar-refractivity contribution in [1.82, 2.24) is 5.32 Å². The molecular formula is C21H26F3NO2. The van der Waals surface area contributed by atoms with Crippen LogP contribution in [0.1, 0.15) is 43.4 Å². The molecule has 148 valence electrons. The second-order valence-corrected chi connectivity index (χ2v) is 7.24. The molecule has 0 fully saturated rings. The number of methoxy groups -OCH3 is 2. The largest absolute Gasteiger partial charge is 0.493 e. The van der Waals surface area contributed by atoms with Crippen LogP contribution in [-0.4, -0.2) is 26.9 Å². The molecule has 0 spiro atoms. The van der Waals surface area contributed by atoms with E-state index in [2.05, 4.69) is 5.32 Å². The van der Waals surface area contributed by atoms with Crippen molar-refractivity contribution >= 4 is 0 Å². The van der Waals surface area contributed by atoms with Gasteiger partial charge in [0.2, 0.25) is 0 Å². The van der Waals surface area contributed by atoms with Gasteiger partial charge in [-0.1, -0.05) is 24.6 Å². The number of halogens is 3. The molecule has 0 radical (unpaired) electrons. The smallest absolute Gasteiger partial charge is 0.412 e. The summed E-state index contributed by atoms with van der Waals surface area (Å²) >= 11 is 0. The van der Waals surface area contributed by atoms with Gasteiger partial charge in [0, 0.05) is 11.6 Å². The summed E-state index contributed by atoms with van der Waals surface area (Å²) in [6.07, 6.45) is 1.27. The quantitative estimate of drug-likeness (QED) is 0.767. The van der Waals surface area contributed by atoms with Gasteiger partial charge in [0.25, 0.3) is 0 Å². The number of ether oxygens (including phenoxy) is 2. The molecule has 6 heteroatoms.